The number of carbonyl (C=O) groups is 2. The smallest absolute Gasteiger partial charge is 0.416 e. The van der Waals surface area contributed by atoms with Crippen LogP contribution < -0.4 is 0 Å². The zero-order chi connectivity index (χ0) is 22.0. The number of halogens is 3. The van der Waals surface area contributed by atoms with E-state index in [0.29, 0.717) is 37.9 Å². The second kappa shape index (κ2) is 11.9. The molecule has 0 amide bonds. The van der Waals surface area contributed by atoms with E-state index in [-0.39, 0.29) is 24.2 Å². The van der Waals surface area contributed by atoms with E-state index >= 15 is 0 Å². The number of Topliss-reactive ketones (excluding diaryl/α,β-unsaturated/α-hetero) is 1. The van der Waals surface area contributed by atoms with Gasteiger partial charge in [-0.3, -0.25) is 9.59 Å². The van der Waals surface area contributed by atoms with Gasteiger partial charge >= 0.3 is 12.1 Å². The van der Waals surface area contributed by atoms with Gasteiger partial charge in [0.25, 0.3) is 0 Å². The average molecular weight is 426 g/mol. The lowest BCUT2D eigenvalue weighted by Crippen LogP contribution is -2.14. The number of hydrogen-bond acceptors (Lipinski definition) is 3. The van der Waals surface area contributed by atoms with Crippen molar-refractivity contribution in [2.24, 2.45) is 5.92 Å². The van der Waals surface area contributed by atoms with E-state index in [9.17, 15) is 22.8 Å². The molecular weight excluding hydrogens is 397 g/mol. The summed E-state index contributed by atoms with van der Waals surface area (Å²) in [7, 11) is 0. The number of carboxylic acids is 1. The first-order valence-corrected chi connectivity index (χ1v) is 10.4. The van der Waals surface area contributed by atoms with E-state index in [0.717, 1.165) is 31.7 Å². The minimum atomic E-state index is -4.32. The third-order valence-electron chi connectivity index (χ3n) is 5.32. The molecule has 0 unspecified atom stereocenters. The number of aliphatic carboxylic acids is 1. The van der Waals surface area contributed by atoms with Crippen molar-refractivity contribution in [3.63, 3.8) is 0 Å². The van der Waals surface area contributed by atoms with Gasteiger partial charge in [-0.15, -0.1) is 0 Å². The Bertz CT molecular complexity index is 727. The fourth-order valence-electron chi connectivity index (χ4n) is 3.64. The summed E-state index contributed by atoms with van der Waals surface area (Å²) in [6, 6.07) is 5.43. The van der Waals surface area contributed by atoms with E-state index in [1.165, 1.54) is 12.1 Å². The van der Waals surface area contributed by atoms with E-state index < -0.39 is 17.7 Å². The quantitative estimate of drug-likeness (QED) is 0.349. The molecule has 2 rings (SSSR count). The minimum Gasteiger partial charge on any atom is -0.481 e. The van der Waals surface area contributed by atoms with Gasteiger partial charge in [-0.2, -0.15) is 13.2 Å². The molecule has 0 aliphatic carbocycles. The van der Waals surface area contributed by atoms with Crippen molar-refractivity contribution in [1.29, 1.82) is 0 Å². The Hall–Kier alpha value is -2.15. The Balaban J connectivity index is 1.69. The van der Waals surface area contributed by atoms with Gasteiger partial charge in [-0.1, -0.05) is 30.4 Å². The van der Waals surface area contributed by atoms with Gasteiger partial charge in [0.05, 0.1) is 11.7 Å². The SMILES string of the molecule is O=C(O)CCCC(=O)CC[C@H]1CCO[C@@H]1C=CCCCc1cccc(C(F)(F)F)c1. The number of aryl methyl sites for hydroxylation is 1. The van der Waals surface area contributed by atoms with Crippen molar-refractivity contribution in [1.82, 2.24) is 0 Å². The predicted molar refractivity (Wildman–Crippen MR) is 107 cm³/mol. The lowest BCUT2D eigenvalue weighted by molar-refractivity contribution is -0.138. The Morgan fingerprint density at radius 3 is 2.70 bits per heavy atom. The van der Waals surface area contributed by atoms with Crippen molar-refractivity contribution in [2.75, 3.05) is 6.61 Å². The number of carboxylic acid groups (broad SMARTS) is 1. The molecule has 1 aliphatic heterocycles. The molecule has 166 valence electrons. The first kappa shape index (κ1) is 24.1. The number of ketones is 1. The molecule has 1 N–H and O–H groups in total. The highest BCUT2D eigenvalue weighted by Crippen LogP contribution is 2.30. The molecule has 0 saturated carbocycles. The first-order chi connectivity index (χ1) is 14.3. The summed E-state index contributed by atoms with van der Waals surface area (Å²) in [5, 5.41) is 8.61. The van der Waals surface area contributed by atoms with E-state index in [1.807, 2.05) is 12.2 Å². The van der Waals surface area contributed by atoms with Gasteiger partial charge in [0, 0.05) is 25.9 Å². The maximum Gasteiger partial charge on any atom is 0.416 e. The number of allylic oxidation sites excluding steroid dienone is 1. The molecule has 1 fully saturated rings. The van der Waals surface area contributed by atoms with Gasteiger partial charge in [-0.05, 0) is 56.1 Å². The van der Waals surface area contributed by atoms with Crippen molar-refractivity contribution >= 4 is 11.8 Å². The molecule has 30 heavy (non-hydrogen) atoms. The van der Waals surface area contributed by atoms with Crippen LogP contribution in [0.1, 0.15) is 62.5 Å². The molecule has 1 heterocycles. The molecular formula is C23H29F3O4. The van der Waals surface area contributed by atoms with Crippen molar-refractivity contribution in [3.8, 4) is 0 Å². The summed E-state index contributed by atoms with van der Waals surface area (Å²) >= 11 is 0. The Morgan fingerprint density at radius 2 is 1.97 bits per heavy atom. The largest absolute Gasteiger partial charge is 0.481 e. The molecule has 7 heteroatoms. The van der Waals surface area contributed by atoms with Crippen molar-refractivity contribution < 1.29 is 32.6 Å². The summed E-state index contributed by atoms with van der Waals surface area (Å²) < 4.78 is 44.0. The summed E-state index contributed by atoms with van der Waals surface area (Å²) in [5.74, 6) is -0.523. The highest BCUT2D eigenvalue weighted by Gasteiger charge is 2.30. The number of benzene rings is 1. The summed E-state index contributed by atoms with van der Waals surface area (Å²) in [4.78, 5) is 22.4. The highest BCUT2D eigenvalue weighted by atomic mass is 19.4. The standard InChI is InChI=1S/C23H29F3O4/c24-23(25,26)19-8-4-7-17(16-19)6-2-1-3-10-21-18(14-15-30-21)12-13-20(27)9-5-11-22(28)29/h3-4,7-8,10,16,18,21H,1-2,5-6,9,11-15H2,(H,28,29)/t18-,21+/m0/s1. The maximum atomic E-state index is 12.8. The fraction of sp³-hybridized carbons (Fsp3) is 0.565. The third kappa shape index (κ3) is 8.69. The van der Waals surface area contributed by atoms with E-state index in [1.54, 1.807) is 6.07 Å². The van der Waals surface area contributed by atoms with Gasteiger partial charge in [0.1, 0.15) is 5.78 Å². The molecule has 1 aromatic rings. The van der Waals surface area contributed by atoms with Gasteiger partial charge in [0.2, 0.25) is 0 Å². The molecule has 0 bridgehead atoms. The van der Waals surface area contributed by atoms with Crippen LogP contribution in [0.15, 0.2) is 36.4 Å². The topological polar surface area (TPSA) is 63.6 Å². The van der Waals surface area contributed by atoms with Crippen LogP contribution in [0.5, 0.6) is 0 Å². The summed E-state index contributed by atoms with van der Waals surface area (Å²) in [6.45, 7) is 0.650. The van der Waals surface area contributed by atoms with Crippen LogP contribution in [-0.4, -0.2) is 29.6 Å². The molecule has 2 atom stereocenters. The summed E-state index contributed by atoms with van der Waals surface area (Å²) in [6.07, 6.45) is 4.48. The first-order valence-electron chi connectivity index (χ1n) is 10.4. The summed E-state index contributed by atoms with van der Waals surface area (Å²) in [5.41, 5.74) is 0.0601. The molecule has 1 aliphatic rings. The van der Waals surface area contributed by atoms with Crippen molar-refractivity contribution in [3.05, 3.63) is 47.5 Å². The molecule has 0 radical (unpaired) electrons. The van der Waals surface area contributed by atoms with E-state index in [2.05, 4.69) is 0 Å². The lowest BCUT2D eigenvalue weighted by atomic mass is 9.93. The lowest BCUT2D eigenvalue weighted by Gasteiger charge is -2.14. The van der Waals surface area contributed by atoms with Gasteiger partial charge in [-0.25, -0.2) is 0 Å². The van der Waals surface area contributed by atoms with Crippen molar-refractivity contribution in [2.45, 2.75) is 70.1 Å². The second-order valence-electron chi connectivity index (χ2n) is 7.73. The minimum absolute atomic E-state index is 0.0180. The number of ether oxygens (including phenoxy) is 1. The zero-order valence-corrected chi connectivity index (χ0v) is 17.0. The maximum absolute atomic E-state index is 12.8. The van der Waals surface area contributed by atoms with E-state index in [4.69, 9.17) is 9.84 Å². The highest BCUT2D eigenvalue weighted by molar-refractivity contribution is 5.79. The van der Waals surface area contributed by atoms with Crippen LogP contribution in [0.4, 0.5) is 13.2 Å². The Kier molecular flexibility index (Phi) is 9.56. The van der Waals surface area contributed by atoms with Crippen LogP contribution in [0.3, 0.4) is 0 Å². The Labute approximate surface area is 175 Å². The van der Waals surface area contributed by atoms with Gasteiger partial charge in [0.15, 0.2) is 0 Å². The molecule has 1 saturated heterocycles. The number of alkyl halides is 3. The molecule has 0 aromatic heterocycles. The molecule has 1 aromatic carbocycles. The third-order valence-corrected chi connectivity index (χ3v) is 5.32. The van der Waals surface area contributed by atoms with Gasteiger partial charge < -0.3 is 9.84 Å². The van der Waals surface area contributed by atoms with Crippen LogP contribution in [0, 0.1) is 5.92 Å². The molecule has 4 nitrogen and oxygen atoms in total. The number of carbonyl (C=O) groups excluding carboxylic acids is 1. The number of rotatable bonds is 12. The fourth-order valence-corrected chi connectivity index (χ4v) is 3.64. The van der Waals surface area contributed by atoms with Crippen LogP contribution >= 0.6 is 0 Å². The number of hydrogen-bond donors (Lipinski definition) is 1. The zero-order valence-electron chi connectivity index (χ0n) is 17.0. The monoisotopic (exact) mass is 426 g/mol. The van der Waals surface area contributed by atoms with Crippen LogP contribution in [-0.2, 0) is 26.9 Å². The molecule has 0 spiro atoms. The van der Waals surface area contributed by atoms with Crippen LogP contribution in [0.2, 0.25) is 0 Å². The second-order valence-corrected chi connectivity index (χ2v) is 7.73. The Morgan fingerprint density at radius 1 is 1.17 bits per heavy atom. The normalized spacial score (nSPS) is 19.4. The average Bonchev–Trinajstić information content (AvgIpc) is 3.13. The van der Waals surface area contributed by atoms with Crippen LogP contribution in [0.25, 0.3) is 0 Å². The number of unbranched alkanes of at least 4 members (excludes halogenated alkanes) is 1. The predicted octanol–water partition coefficient (Wildman–Crippen LogP) is 5.59.